The van der Waals surface area contributed by atoms with Crippen molar-refractivity contribution in [1.82, 2.24) is 10.3 Å². The van der Waals surface area contributed by atoms with Crippen molar-refractivity contribution in [2.75, 3.05) is 18.1 Å². The molecular formula is C17H26N2OS2. The molecule has 22 heavy (non-hydrogen) atoms. The summed E-state index contributed by atoms with van der Waals surface area (Å²) in [6.45, 7) is 3.15. The van der Waals surface area contributed by atoms with E-state index in [0.29, 0.717) is 12.1 Å². The monoisotopic (exact) mass is 338 g/mol. The molecule has 2 saturated heterocycles. The zero-order chi connectivity index (χ0) is 15.0. The second kappa shape index (κ2) is 6.42. The van der Waals surface area contributed by atoms with Crippen molar-refractivity contribution in [2.45, 2.75) is 69.6 Å². The molecule has 1 aromatic rings. The number of thiazole rings is 1. The van der Waals surface area contributed by atoms with E-state index in [9.17, 15) is 0 Å². The van der Waals surface area contributed by atoms with Gasteiger partial charge in [0.2, 0.25) is 0 Å². The third kappa shape index (κ3) is 2.97. The zero-order valence-electron chi connectivity index (χ0n) is 13.4. The largest absolute Gasteiger partial charge is 0.374 e. The summed E-state index contributed by atoms with van der Waals surface area (Å²) in [5.41, 5.74) is 1.56. The highest BCUT2D eigenvalue weighted by Gasteiger charge is 2.41. The van der Waals surface area contributed by atoms with Crippen LogP contribution in [-0.2, 0) is 17.6 Å². The van der Waals surface area contributed by atoms with E-state index in [2.05, 4.69) is 24.0 Å². The first-order chi connectivity index (χ1) is 10.8. The molecule has 0 amide bonds. The van der Waals surface area contributed by atoms with Crippen molar-refractivity contribution in [3.8, 4) is 0 Å². The number of nitrogens with one attached hydrogen (secondary N) is 1. The highest BCUT2D eigenvalue weighted by molar-refractivity contribution is 7.99. The van der Waals surface area contributed by atoms with Crippen LogP contribution >= 0.6 is 23.1 Å². The Kier molecular flexibility index (Phi) is 4.50. The van der Waals surface area contributed by atoms with Gasteiger partial charge in [-0.2, -0.15) is 11.8 Å². The van der Waals surface area contributed by atoms with Crippen LogP contribution in [-0.4, -0.2) is 34.7 Å². The molecule has 1 aromatic heterocycles. The van der Waals surface area contributed by atoms with E-state index in [1.807, 2.05) is 11.3 Å². The Morgan fingerprint density at radius 3 is 3.18 bits per heavy atom. The van der Waals surface area contributed by atoms with Crippen LogP contribution in [0.1, 0.15) is 60.6 Å². The maximum atomic E-state index is 6.17. The number of nitrogens with zero attached hydrogens (tertiary/aromatic N) is 1. The minimum absolute atomic E-state index is 0.181. The predicted octanol–water partition coefficient (Wildman–Crippen LogP) is 3.73. The van der Waals surface area contributed by atoms with Gasteiger partial charge >= 0.3 is 0 Å². The quantitative estimate of drug-likeness (QED) is 0.911. The van der Waals surface area contributed by atoms with Crippen LogP contribution in [0.4, 0.5) is 0 Å². The highest BCUT2D eigenvalue weighted by atomic mass is 32.2. The van der Waals surface area contributed by atoms with E-state index in [1.165, 1.54) is 59.2 Å². The van der Waals surface area contributed by atoms with Crippen molar-refractivity contribution in [1.29, 1.82) is 0 Å². The van der Waals surface area contributed by atoms with Crippen molar-refractivity contribution in [3.05, 3.63) is 15.6 Å². The fourth-order valence-electron chi connectivity index (χ4n) is 4.10. The lowest BCUT2D eigenvalue weighted by atomic mass is 9.88. The fraction of sp³-hybridized carbons (Fsp3) is 0.824. The van der Waals surface area contributed by atoms with Crippen molar-refractivity contribution in [3.63, 3.8) is 0 Å². The van der Waals surface area contributed by atoms with Gasteiger partial charge in [0.1, 0.15) is 0 Å². The topological polar surface area (TPSA) is 34.2 Å². The Morgan fingerprint density at radius 2 is 2.36 bits per heavy atom. The Balaban J connectivity index is 1.46. The van der Waals surface area contributed by atoms with Crippen molar-refractivity contribution >= 4 is 23.1 Å². The number of fused-ring (bicyclic) bond motifs is 1. The average molecular weight is 339 g/mol. The van der Waals surface area contributed by atoms with E-state index in [1.54, 1.807) is 0 Å². The van der Waals surface area contributed by atoms with E-state index >= 15 is 0 Å². The molecule has 3 atom stereocenters. The molecule has 0 radical (unpaired) electrons. The van der Waals surface area contributed by atoms with E-state index in [0.717, 1.165) is 19.4 Å². The third-order valence-electron chi connectivity index (χ3n) is 5.29. The number of rotatable bonds is 3. The van der Waals surface area contributed by atoms with E-state index in [-0.39, 0.29) is 5.60 Å². The van der Waals surface area contributed by atoms with Gasteiger partial charge in [-0.3, -0.25) is 0 Å². The molecular weight excluding hydrogens is 312 g/mol. The maximum Gasteiger partial charge on any atom is 0.0928 e. The first kappa shape index (κ1) is 15.4. The van der Waals surface area contributed by atoms with Gasteiger partial charge in [-0.15, -0.1) is 11.3 Å². The number of hydrogen-bond acceptors (Lipinski definition) is 5. The molecule has 0 unspecified atom stereocenters. The maximum absolute atomic E-state index is 6.17. The molecule has 122 valence electrons. The Labute approximate surface area is 141 Å². The van der Waals surface area contributed by atoms with Gasteiger partial charge < -0.3 is 10.1 Å². The summed E-state index contributed by atoms with van der Waals surface area (Å²) in [5, 5.41) is 5.30. The molecule has 1 spiro atoms. The fourth-order valence-corrected chi connectivity index (χ4v) is 6.62. The Hall–Kier alpha value is -0.100. The summed E-state index contributed by atoms with van der Waals surface area (Å²) in [5.74, 6) is 2.47. The minimum Gasteiger partial charge on any atom is -0.374 e. The summed E-state index contributed by atoms with van der Waals surface area (Å²) in [6, 6.07) is 1.16. The number of thioether (sulfide) groups is 1. The van der Waals surface area contributed by atoms with Gasteiger partial charge in [0.15, 0.2) is 0 Å². The normalized spacial score (nSPS) is 35.0. The molecule has 1 N–H and O–H groups in total. The van der Waals surface area contributed by atoms with Gasteiger partial charge in [0.05, 0.1) is 16.3 Å². The van der Waals surface area contributed by atoms with Gasteiger partial charge in [-0.1, -0.05) is 6.92 Å². The Morgan fingerprint density at radius 1 is 1.41 bits per heavy atom. The summed E-state index contributed by atoms with van der Waals surface area (Å²) in [7, 11) is 0. The molecule has 3 nitrogen and oxygen atoms in total. The van der Waals surface area contributed by atoms with Gasteiger partial charge in [0.25, 0.3) is 0 Å². The van der Waals surface area contributed by atoms with Gasteiger partial charge in [-0.25, -0.2) is 4.98 Å². The molecule has 0 saturated carbocycles. The lowest BCUT2D eigenvalue weighted by molar-refractivity contribution is -0.0715. The second-order valence-corrected chi connectivity index (χ2v) is 9.13. The van der Waals surface area contributed by atoms with Gasteiger partial charge in [0, 0.05) is 29.3 Å². The molecule has 2 aliphatic heterocycles. The number of aromatic nitrogens is 1. The van der Waals surface area contributed by atoms with Crippen LogP contribution in [0, 0.1) is 0 Å². The lowest BCUT2D eigenvalue weighted by Crippen LogP contribution is -2.48. The Bertz CT molecular complexity index is 525. The summed E-state index contributed by atoms with van der Waals surface area (Å²) < 4.78 is 6.17. The summed E-state index contributed by atoms with van der Waals surface area (Å²) >= 11 is 4.01. The molecule has 4 rings (SSSR count). The molecule has 2 fully saturated rings. The van der Waals surface area contributed by atoms with Crippen molar-refractivity contribution in [2.24, 2.45) is 0 Å². The number of ether oxygens (including phenoxy) is 1. The number of hydrogen-bond donors (Lipinski definition) is 1. The second-order valence-electron chi connectivity index (χ2n) is 6.91. The molecule has 3 aliphatic rings. The van der Waals surface area contributed by atoms with Crippen LogP contribution < -0.4 is 5.32 Å². The molecule has 0 aromatic carbocycles. The van der Waals surface area contributed by atoms with Crippen molar-refractivity contribution < 1.29 is 4.74 Å². The van der Waals surface area contributed by atoms with Crippen LogP contribution in [0.15, 0.2) is 0 Å². The van der Waals surface area contributed by atoms with E-state index < -0.39 is 0 Å². The minimum atomic E-state index is 0.181. The third-order valence-corrected chi connectivity index (χ3v) is 7.87. The first-order valence-corrected chi connectivity index (χ1v) is 10.7. The van der Waals surface area contributed by atoms with Crippen LogP contribution in [0.5, 0.6) is 0 Å². The smallest absolute Gasteiger partial charge is 0.0928 e. The summed E-state index contributed by atoms with van der Waals surface area (Å²) in [4.78, 5) is 6.37. The average Bonchev–Trinajstić information content (AvgIpc) is 3.15. The van der Waals surface area contributed by atoms with Crippen LogP contribution in [0.2, 0.25) is 0 Å². The molecule has 1 aliphatic carbocycles. The van der Waals surface area contributed by atoms with Gasteiger partial charge in [-0.05, 0) is 50.7 Å². The lowest BCUT2D eigenvalue weighted by Gasteiger charge is -2.40. The molecule has 0 bridgehead atoms. The van der Waals surface area contributed by atoms with Crippen LogP contribution in [0.3, 0.4) is 0 Å². The predicted molar refractivity (Wildman–Crippen MR) is 94.0 cm³/mol. The number of aryl methyl sites for hydroxylation is 2. The molecule has 3 heterocycles. The SMILES string of the molecule is CCc1nc2c(s1)[C@H](N[C@@H]1CCO[C@]3(CCSC3)C1)CCC2. The molecule has 5 heteroatoms. The zero-order valence-corrected chi connectivity index (χ0v) is 15.0. The standard InChI is InChI=1S/C17H26N2OS2/c1-2-15-19-14-5-3-4-13(16(14)22-15)18-12-6-8-20-17(10-12)7-9-21-11-17/h12-13,18H,2-11H2,1H3/t12-,13-,17-/m1/s1. The van der Waals surface area contributed by atoms with E-state index in [4.69, 9.17) is 9.72 Å². The van der Waals surface area contributed by atoms with Crippen LogP contribution in [0.25, 0.3) is 0 Å². The highest BCUT2D eigenvalue weighted by Crippen LogP contribution is 2.40. The summed E-state index contributed by atoms with van der Waals surface area (Å²) in [6.07, 6.45) is 8.41. The first-order valence-electron chi connectivity index (χ1n) is 8.74.